The van der Waals surface area contributed by atoms with Crippen LogP contribution in [-0.4, -0.2) is 5.97 Å². The summed E-state index contributed by atoms with van der Waals surface area (Å²) in [4.78, 5) is 10.4. The smallest absolute Gasteiger partial charge is 0 e. The molecule has 0 spiro atoms. The van der Waals surface area contributed by atoms with Gasteiger partial charge in [0.15, 0.2) is 0 Å². The van der Waals surface area contributed by atoms with Crippen molar-refractivity contribution in [2.45, 2.75) is 6.92 Å². The van der Waals surface area contributed by atoms with Gasteiger partial charge in [0, 0.05) is 24.0 Å². The number of carbonyl (C=O) groups is 1. The second kappa shape index (κ2) is 23.9. The molecule has 6 heteroatoms. The Bertz CT molecular complexity index is 314. The number of rotatable bonds is 1. The molecule has 0 aliphatic carbocycles. The summed E-state index contributed by atoms with van der Waals surface area (Å²) in [5.74, 6) is 0.307. The van der Waals surface area contributed by atoms with Crippen LogP contribution >= 0.6 is 0 Å². The first-order valence-corrected chi connectivity index (χ1v) is 3.64. The molecule has 0 fully saturated rings. The van der Waals surface area contributed by atoms with Crippen LogP contribution in [0, 0.1) is 20.0 Å². The van der Waals surface area contributed by atoms with E-state index in [0.717, 1.165) is 0 Å². The summed E-state index contributed by atoms with van der Waals surface area (Å²) in [6.07, 6.45) is 0. The molecule has 0 saturated heterocycles. The van der Waals surface area contributed by atoms with Crippen molar-refractivity contribution in [3.8, 4) is 5.75 Å². The van der Waals surface area contributed by atoms with Gasteiger partial charge in [0.1, 0.15) is 5.75 Å². The minimum atomic E-state index is -0.286. The molecule has 0 aromatic heterocycles. The average molecular weight is 276 g/mol. The van der Waals surface area contributed by atoms with E-state index in [-0.39, 0.29) is 23.0 Å². The number of esters is 1. The van der Waals surface area contributed by atoms with Crippen molar-refractivity contribution < 1.29 is 40.6 Å². The Morgan fingerprint density at radius 1 is 1.00 bits per heavy atom. The molecule has 0 bridgehead atoms. The number of carbonyl (C=O) groups excluding carboxylic acids is 1. The van der Waals surface area contributed by atoms with E-state index in [2.05, 4.69) is 20.0 Å². The van der Waals surface area contributed by atoms with E-state index >= 15 is 0 Å². The molecule has 0 unspecified atom stereocenters. The van der Waals surface area contributed by atoms with Gasteiger partial charge in [0.25, 0.3) is 0 Å². The third-order valence-electron chi connectivity index (χ3n) is 1.00. The maximum absolute atomic E-state index is 10.4. The van der Waals surface area contributed by atoms with E-state index in [1.54, 1.807) is 12.1 Å². The zero-order chi connectivity index (χ0) is 13.4. The zero-order valence-electron chi connectivity index (χ0n) is 8.78. The topological polar surface area (TPSA) is 86.0 Å². The molecule has 90 valence electrons. The van der Waals surface area contributed by atoms with Crippen LogP contribution in [0.5, 0.6) is 5.75 Å². The minimum absolute atomic E-state index is 0. The molecule has 0 heterocycles. The second-order valence-electron chi connectivity index (χ2n) is 1.91. The van der Waals surface area contributed by atoms with Crippen molar-refractivity contribution in [2.75, 3.05) is 0 Å². The quantitative estimate of drug-likeness (QED) is 0.256. The van der Waals surface area contributed by atoms with Gasteiger partial charge in [0.05, 0.1) is 0 Å². The SMILES string of the molecule is CC(=O)Oc1ccccc1.[C-]#[O+].[C-]#[O+].[C-]#[O+].[Fe]. The van der Waals surface area contributed by atoms with Gasteiger partial charge in [-0.2, -0.15) is 0 Å². The number of hydrogen-bond acceptors (Lipinski definition) is 2. The summed E-state index contributed by atoms with van der Waals surface area (Å²) >= 11 is 0. The predicted molar refractivity (Wildman–Crippen MR) is 49.5 cm³/mol. The molecular formula is C11H8FeO5. The van der Waals surface area contributed by atoms with Crippen molar-refractivity contribution in [1.82, 2.24) is 0 Å². The summed E-state index contributed by atoms with van der Waals surface area (Å²) in [6, 6.07) is 8.98. The Balaban J connectivity index is -0.000000106. The summed E-state index contributed by atoms with van der Waals surface area (Å²) in [5, 5.41) is 0. The Morgan fingerprint density at radius 2 is 1.35 bits per heavy atom. The molecule has 0 atom stereocenters. The van der Waals surface area contributed by atoms with E-state index in [1.807, 2.05) is 18.2 Å². The summed E-state index contributed by atoms with van der Waals surface area (Å²) in [5.41, 5.74) is 0. The van der Waals surface area contributed by atoms with Crippen LogP contribution in [-0.2, 0) is 35.8 Å². The standard InChI is InChI=1S/C8H8O2.3CO.Fe/c1-7(9)10-8-5-3-2-4-6-8;3*1-2;/h2-6H,1H3;;;;. The Hall–Kier alpha value is -1.57. The van der Waals surface area contributed by atoms with Gasteiger partial charge in [-0.25, -0.2) is 0 Å². The summed E-state index contributed by atoms with van der Waals surface area (Å²) in [7, 11) is 0. The molecule has 1 rings (SSSR count). The minimum Gasteiger partial charge on any atom is 0 e. The van der Waals surface area contributed by atoms with Crippen LogP contribution in [0.25, 0.3) is 0 Å². The van der Waals surface area contributed by atoms with E-state index in [0.29, 0.717) is 5.75 Å². The van der Waals surface area contributed by atoms with E-state index < -0.39 is 0 Å². The normalized spacial score (nSPS) is 5.59. The molecule has 1 aromatic rings. The number of hydrogen-bond donors (Lipinski definition) is 0. The van der Waals surface area contributed by atoms with Crippen LogP contribution in [0.15, 0.2) is 30.3 Å². The Morgan fingerprint density at radius 3 is 1.65 bits per heavy atom. The summed E-state index contributed by atoms with van der Waals surface area (Å²) < 4.78 is 27.3. The molecular weight excluding hydrogens is 268 g/mol. The third kappa shape index (κ3) is 20.5. The number of para-hydroxylation sites is 1. The predicted octanol–water partition coefficient (Wildman–Crippen LogP) is 1.50. The van der Waals surface area contributed by atoms with Crippen molar-refractivity contribution in [3.63, 3.8) is 0 Å². The molecule has 0 N–H and O–H groups in total. The van der Waals surface area contributed by atoms with Crippen molar-refractivity contribution in [3.05, 3.63) is 50.3 Å². The molecule has 5 nitrogen and oxygen atoms in total. The van der Waals surface area contributed by atoms with Crippen LogP contribution in [0.3, 0.4) is 0 Å². The molecule has 0 radical (unpaired) electrons. The van der Waals surface area contributed by atoms with Gasteiger partial charge < -0.3 is 4.74 Å². The molecule has 0 saturated carbocycles. The molecule has 0 aliphatic rings. The van der Waals surface area contributed by atoms with E-state index in [9.17, 15) is 4.79 Å². The van der Waals surface area contributed by atoms with E-state index in [1.165, 1.54) is 6.92 Å². The maximum atomic E-state index is 10.4. The van der Waals surface area contributed by atoms with Gasteiger partial charge in [-0.1, -0.05) is 18.2 Å². The number of benzene rings is 1. The Labute approximate surface area is 110 Å². The van der Waals surface area contributed by atoms with Crippen molar-refractivity contribution in [1.29, 1.82) is 0 Å². The largest absolute Gasteiger partial charge is 0 e. The first kappa shape index (κ1) is 24.6. The van der Waals surface area contributed by atoms with Crippen LogP contribution in [0.1, 0.15) is 6.92 Å². The van der Waals surface area contributed by atoms with Gasteiger partial charge in [-0.05, 0) is 12.1 Å². The first-order chi connectivity index (χ1) is 7.79. The van der Waals surface area contributed by atoms with Crippen molar-refractivity contribution >= 4 is 5.97 Å². The van der Waals surface area contributed by atoms with Gasteiger partial charge in [0.2, 0.25) is 0 Å². The van der Waals surface area contributed by atoms with Crippen LogP contribution < -0.4 is 4.74 Å². The fourth-order valence-electron chi connectivity index (χ4n) is 0.655. The molecule has 0 amide bonds. The second-order valence-corrected chi connectivity index (χ2v) is 1.91. The average Bonchev–Trinajstić information content (AvgIpc) is 2.37. The fraction of sp³-hybridized carbons (Fsp3) is 0.0909. The zero-order valence-corrected chi connectivity index (χ0v) is 9.89. The van der Waals surface area contributed by atoms with Gasteiger partial charge in [-0.3, -0.25) is 4.79 Å². The van der Waals surface area contributed by atoms with Crippen LogP contribution in [0.4, 0.5) is 0 Å². The number of ether oxygens (including phenoxy) is 1. The molecule has 0 aliphatic heterocycles. The van der Waals surface area contributed by atoms with Gasteiger partial charge >= 0.3 is 39.9 Å². The molecule has 17 heavy (non-hydrogen) atoms. The van der Waals surface area contributed by atoms with Crippen LogP contribution in [0.2, 0.25) is 0 Å². The monoisotopic (exact) mass is 276 g/mol. The van der Waals surface area contributed by atoms with E-state index in [4.69, 9.17) is 18.7 Å². The molecule has 1 aromatic carbocycles. The third-order valence-corrected chi connectivity index (χ3v) is 1.00. The Kier molecular flexibility index (Phi) is 34.6. The van der Waals surface area contributed by atoms with Crippen molar-refractivity contribution in [2.24, 2.45) is 0 Å². The maximum Gasteiger partial charge on any atom is 0 e. The summed E-state index contributed by atoms with van der Waals surface area (Å²) in [6.45, 7) is 14.9. The fourth-order valence-corrected chi connectivity index (χ4v) is 0.655. The van der Waals surface area contributed by atoms with Gasteiger partial charge in [-0.15, -0.1) is 0 Å². The first-order valence-electron chi connectivity index (χ1n) is 3.64.